The highest BCUT2D eigenvalue weighted by molar-refractivity contribution is 7.87. The number of hydrogen-bond donors (Lipinski definition) is 1. The van der Waals surface area contributed by atoms with Crippen LogP contribution in [0, 0.1) is 5.92 Å². The Kier molecular flexibility index (Phi) is 3.74. The molecule has 1 N–H and O–H groups in total. The van der Waals surface area contributed by atoms with Crippen LogP contribution in [0.5, 0.6) is 0 Å². The van der Waals surface area contributed by atoms with Gasteiger partial charge in [0.15, 0.2) is 0 Å². The Morgan fingerprint density at radius 2 is 2.05 bits per heavy atom. The SMILES string of the molecule is O=C(O)C1CCN2C(=O)CC(OS(=O)(=O)C(F)(F)F)C=C12. The number of carbonyl (C=O) groups is 2. The number of rotatable bonds is 3. The molecule has 21 heavy (non-hydrogen) atoms. The standard InChI is InChI=1S/C10H10F3NO6S/c11-10(12,13)21(18,19)20-5-3-7-6(9(16)17)1-2-14(7)8(15)4-5/h3,5-6H,1-2,4H2,(H,16,17). The van der Waals surface area contributed by atoms with Gasteiger partial charge in [-0.1, -0.05) is 0 Å². The van der Waals surface area contributed by atoms with Gasteiger partial charge in [0.25, 0.3) is 0 Å². The lowest BCUT2D eigenvalue weighted by atomic mass is 10.0. The number of carboxylic acids is 1. The average molecular weight is 329 g/mol. The molecule has 2 heterocycles. The van der Waals surface area contributed by atoms with E-state index < -0.39 is 45.9 Å². The van der Waals surface area contributed by atoms with Crippen molar-refractivity contribution in [2.45, 2.75) is 24.5 Å². The Labute approximate surface area is 117 Å². The van der Waals surface area contributed by atoms with Gasteiger partial charge in [0.1, 0.15) is 6.10 Å². The highest BCUT2D eigenvalue weighted by Crippen LogP contribution is 2.35. The molecule has 2 unspecified atom stereocenters. The van der Waals surface area contributed by atoms with Gasteiger partial charge in [-0.05, 0) is 12.5 Å². The Hall–Kier alpha value is -1.62. The second kappa shape index (κ2) is 4.98. The normalized spacial score (nSPS) is 26.5. The fourth-order valence-electron chi connectivity index (χ4n) is 2.26. The van der Waals surface area contributed by atoms with E-state index in [1.54, 1.807) is 0 Å². The zero-order chi connectivity index (χ0) is 16.0. The average Bonchev–Trinajstić information content (AvgIpc) is 2.70. The summed E-state index contributed by atoms with van der Waals surface area (Å²) in [5, 5.41) is 8.97. The summed E-state index contributed by atoms with van der Waals surface area (Å²) >= 11 is 0. The Morgan fingerprint density at radius 3 is 2.57 bits per heavy atom. The Morgan fingerprint density at radius 1 is 1.43 bits per heavy atom. The summed E-state index contributed by atoms with van der Waals surface area (Å²) in [5.41, 5.74) is -5.63. The molecule has 0 aromatic carbocycles. The van der Waals surface area contributed by atoms with Gasteiger partial charge in [0.2, 0.25) is 5.91 Å². The molecule has 0 radical (unpaired) electrons. The van der Waals surface area contributed by atoms with Gasteiger partial charge in [-0.15, -0.1) is 0 Å². The number of amides is 1. The predicted octanol–water partition coefficient (Wildman–Crippen LogP) is 0.442. The minimum absolute atomic E-state index is 0.0267. The number of aliphatic carboxylic acids is 1. The number of fused-ring (bicyclic) bond motifs is 1. The van der Waals surface area contributed by atoms with Gasteiger partial charge in [-0.3, -0.25) is 13.8 Å². The molecule has 2 atom stereocenters. The second-order valence-electron chi connectivity index (χ2n) is 4.56. The first-order valence-electron chi connectivity index (χ1n) is 5.77. The first-order chi connectivity index (χ1) is 9.53. The molecular formula is C10H10F3NO6S. The van der Waals surface area contributed by atoms with Crippen LogP contribution >= 0.6 is 0 Å². The predicted molar refractivity (Wildman–Crippen MR) is 60.0 cm³/mol. The van der Waals surface area contributed by atoms with Crippen molar-refractivity contribution in [2.75, 3.05) is 6.54 Å². The lowest BCUT2D eigenvalue weighted by molar-refractivity contribution is -0.140. The maximum Gasteiger partial charge on any atom is 0.523 e. The van der Waals surface area contributed by atoms with E-state index in [-0.39, 0.29) is 18.7 Å². The topological polar surface area (TPSA) is 101 Å². The third-order valence-electron chi connectivity index (χ3n) is 3.18. The Balaban J connectivity index is 2.28. The first kappa shape index (κ1) is 15.8. The molecule has 0 aromatic rings. The van der Waals surface area contributed by atoms with Crippen LogP contribution in [0.4, 0.5) is 13.2 Å². The van der Waals surface area contributed by atoms with Crippen molar-refractivity contribution in [3.05, 3.63) is 11.8 Å². The molecule has 1 saturated heterocycles. The van der Waals surface area contributed by atoms with Crippen molar-refractivity contribution < 1.29 is 40.5 Å². The highest BCUT2D eigenvalue weighted by atomic mass is 32.2. The van der Waals surface area contributed by atoms with Crippen molar-refractivity contribution in [3.8, 4) is 0 Å². The molecule has 118 valence electrons. The zero-order valence-corrected chi connectivity index (χ0v) is 11.1. The smallest absolute Gasteiger partial charge is 0.481 e. The van der Waals surface area contributed by atoms with Gasteiger partial charge in [-0.2, -0.15) is 21.6 Å². The van der Waals surface area contributed by atoms with Gasteiger partial charge in [-0.25, -0.2) is 0 Å². The van der Waals surface area contributed by atoms with Crippen molar-refractivity contribution in [1.29, 1.82) is 0 Å². The molecule has 0 aromatic heterocycles. The lowest BCUT2D eigenvalue weighted by Crippen LogP contribution is -2.39. The third-order valence-corrected chi connectivity index (χ3v) is 4.24. The van der Waals surface area contributed by atoms with E-state index in [4.69, 9.17) is 5.11 Å². The summed E-state index contributed by atoms with van der Waals surface area (Å²) < 4.78 is 62.5. The zero-order valence-electron chi connectivity index (χ0n) is 10.3. The maximum absolute atomic E-state index is 12.2. The Bertz CT molecular complexity index is 611. The molecule has 2 rings (SSSR count). The lowest BCUT2D eigenvalue weighted by Gasteiger charge is -2.27. The van der Waals surface area contributed by atoms with Crippen molar-refractivity contribution in [1.82, 2.24) is 4.90 Å². The number of alkyl halides is 3. The number of nitrogens with zero attached hydrogens (tertiary/aromatic N) is 1. The van der Waals surface area contributed by atoms with Crippen LogP contribution in [-0.2, 0) is 23.9 Å². The first-order valence-corrected chi connectivity index (χ1v) is 7.18. The van der Waals surface area contributed by atoms with Crippen LogP contribution in [0.2, 0.25) is 0 Å². The summed E-state index contributed by atoms with van der Waals surface area (Å²) in [7, 11) is -5.85. The van der Waals surface area contributed by atoms with E-state index in [9.17, 15) is 31.2 Å². The minimum Gasteiger partial charge on any atom is -0.481 e. The van der Waals surface area contributed by atoms with Gasteiger partial charge >= 0.3 is 21.6 Å². The number of carbonyl (C=O) groups excluding carboxylic acids is 1. The van der Waals surface area contributed by atoms with Crippen LogP contribution < -0.4 is 0 Å². The van der Waals surface area contributed by atoms with E-state index in [0.717, 1.165) is 11.0 Å². The van der Waals surface area contributed by atoms with Crippen LogP contribution in [0.25, 0.3) is 0 Å². The van der Waals surface area contributed by atoms with Crippen molar-refractivity contribution >= 4 is 22.0 Å². The van der Waals surface area contributed by atoms with E-state index in [0.29, 0.717) is 0 Å². The minimum atomic E-state index is -5.85. The summed E-state index contributed by atoms with van der Waals surface area (Å²) in [4.78, 5) is 23.8. The molecule has 0 bridgehead atoms. The molecule has 2 aliphatic heterocycles. The molecule has 7 nitrogen and oxygen atoms in total. The maximum atomic E-state index is 12.2. The van der Waals surface area contributed by atoms with E-state index in [1.807, 2.05) is 0 Å². The molecule has 0 spiro atoms. The third kappa shape index (κ3) is 2.88. The molecule has 0 saturated carbocycles. The molecule has 1 amide bonds. The largest absolute Gasteiger partial charge is 0.523 e. The van der Waals surface area contributed by atoms with Crippen LogP contribution in [0.15, 0.2) is 11.8 Å². The molecule has 11 heteroatoms. The quantitative estimate of drug-likeness (QED) is 0.596. The van der Waals surface area contributed by atoms with E-state index in [1.165, 1.54) is 0 Å². The molecular weight excluding hydrogens is 319 g/mol. The van der Waals surface area contributed by atoms with E-state index in [2.05, 4.69) is 4.18 Å². The molecule has 2 aliphatic rings. The van der Waals surface area contributed by atoms with Crippen molar-refractivity contribution in [2.24, 2.45) is 5.92 Å². The number of hydrogen-bond acceptors (Lipinski definition) is 5. The summed E-state index contributed by atoms with van der Waals surface area (Å²) in [6, 6.07) is 0. The van der Waals surface area contributed by atoms with E-state index >= 15 is 0 Å². The summed E-state index contributed by atoms with van der Waals surface area (Å²) in [5.74, 6) is -2.97. The molecule has 0 aliphatic carbocycles. The van der Waals surface area contributed by atoms with Crippen LogP contribution in [0.3, 0.4) is 0 Å². The number of halogens is 3. The fraction of sp³-hybridized carbons (Fsp3) is 0.600. The van der Waals surface area contributed by atoms with Gasteiger partial charge < -0.3 is 10.0 Å². The second-order valence-corrected chi connectivity index (χ2v) is 6.12. The summed E-state index contributed by atoms with van der Waals surface area (Å²) in [6.45, 7) is 0.125. The number of carboxylic acid groups (broad SMARTS) is 1. The van der Waals surface area contributed by atoms with Crippen molar-refractivity contribution in [3.63, 3.8) is 0 Å². The monoisotopic (exact) mass is 329 g/mol. The summed E-state index contributed by atoms with van der Waals surface area (Å²) in [6.07, 6.45) is -1.18. The van der Waals surface area contributed by atoms with Gasteiger partial charge in [0.05, 0.1) is 12.3 Å². The van der Waals surface area contributed by atoms with Crippen LogP contribution in [0.1, 0.15) is 12.8 Å². The van der Waals surface area contributed by atoms with Crippen LogP contribution in [-0.4, -0.2) is 48.5 Å². The fourth-order valence-corrected chi connectivity index (χ4v) is 2.82. The highest BCUT2D eigenvalue weighted by Gasteiger charge is 2.50. The van der Waals surface area contributed by atoms with Gasteiger partial charge in [0, 0.05) is 12.2 Å². The molecule has 1 fully saturated rings.